The number of fused-ring (bicyclic) bond motifs is 3. The molecule has 256 valence electrons. The second-order valence-corrected chi connectivity index (χ2v) is 13.1. The highest BCUT2D eigenvalue weighted by atomic mass is 35.5. The van der Waals surface area contributed by atoms with Crippen molar-refractivity contribution < 1.29 is 37.0 Å². The number of ether oxygens (including phenoxy) is 2. The van der Waals surface area contributed by atoms with Gasteiger partial charge in [0.05, 0.1) is 24.8 Å². The highest BCUT2D eigenvalue weighted by Crippen LogP contribution is 2.55. The van der Waals surface area contributed by atoms with E-state index in [2.05, 4.69) is 0 Å². The minimum Gasteiger partial charge on any atom is -0.497 e. The maximum atomic E-state index is 14.3. The van der Waals surface area contributed by atoms with Crippen LogP contribution in [-0.4, -0.2) is 72.5 Å². The maximum absolute atomic E-state index is 14.3. The van der Waals surface area contributed by atoms with Crippen molar-refractivity contribution in [2.75, 3.05) is 34.9 Å². The molecule has 1 aromatic heterocycles. The normalized spacial score (nSPS) is 19.7. The largest absolute Gasteiger partial charge is 0.497 e. The number of esters is 1. The lowest BCUT2D eigenvalue weighted by molar-refractivity contribution is -0.153. The summed E-state index contributed by atoms with van der Waals surface area (Å²) in [6.45, 7) is 0.175. The molecule has 49 heavy (non-hydrogen) atoms. The molecular formula is C37H35ClF3N3O5. The molecule has 4 aromatic rings. The zero-order valence-corrected chi connectivity index (χ0v) is 28.1. The molecule has 0 bridgehead atoms. The van der Waals surface area contributed by atoms with Gasteiger partial charge < -0.3 is 23.8 Å². The van der Waals surface area contributed by atoms with E-state index in [1.54, 1.807) is 79.2 Å². The fourth-order valence-electron chi connectivity index (χ4n) is 7.51. The number of carbonyl (C=O) groups excluding carboxylic acids is 3. The zero-order chi connectivity index (χ0) is 35.2. The molecule has 2 heterocycles. The molecule has 0 radical (unpaired) electrons. The van der Waals surface area contributed by atoms with Crippen molar-refractivity contribution in [3.05, 3.63) is 123 Å². The fourth-order valence-corrected chi connectivity index (χ4v) is 7.74. The molecule has 3 aromatic carbocycles. The third-order valence-corrected chi connectivity index (χ3v) is 9.99. The summed E-state index contributed by atoms with van der Waals surface area (Å²) in [5.41, 5.74) is 0.658. The molecule has 0 spiro atoms. The molecule has 12 heteroatoms. The van der Waals surface area contributed by atoms with E-state index in [4.69, 9.17) is 21.1 Å². The van der Waals surface area contributed by atoms with Gasteiger partial charge in [0.25, 0.3) is 11.8 Å². The SMILES string of the molecule is COC(=O)[C@@]1(Cc2ccc(OC)cc2)[C@H]2c3cc(C(=O)N(C)C)n(Cc4ccc(Cl)c(C(F)(F)F)c4)c3C[C@H]2CN1C(=O)c1ccccc1. The topological polar surface area (TPSA) is 81.1 Å². The van der Waals surface area contributed by atoms with E-state index in [1.165, 1.54) is 24.1 Å². The lowest BCUT2D eigenvalue weighted by Gasteiger charge is -2.40. The van der Waals surface area contributed by atoms with Crippen LogP contribution < -0.4 is 4.74 Å². The van der Waals surface area contributed by atoms with Crippen LogP contribution in [0.25, 0.3) is 0 Å². The number of carbonyl (C=O) groups is 3. The number of benzene rings is 3. The van der Waals surface area contributed by atoms with E-state index >= 15 is 0 Å². The van der Waals surface area contributed by atoms with Crippen LogP contribution >= 0.6 is 11.6 Å². The Morgan fingerprint density at radius 1 is 0.959 bits per heavy atom. The van der Waals surface area contributed by atoms with Crippen molar-refractivity contribution in [3.63, 3.8) is 0 Å². The van der Waals surface area contributed by atoms with Gasteiger partial charge in [-0.25, -0.2) is 4.79 Å². The summed E-state index contributed by atoms with van der Waals surface area (Å²) < 4.78 is 54.0. The van der Waals surface area contributed by atoms with Gasteiger partial charge in [-0.05, 0) is 71.5 Å². The van der Waals surface area contributed by atoms with E-state index in [-0.39, 0.29) is 42.9 Å². The average molecular weight is 694 g/mol. The fraction of sp³-hybridized carbons (Fsp3) is 0.324. The Hall–Kier alpha value is -4.77. The van der Waals surface area contributed by atoms with Crippen molar-refractivity contribution in [3.8, 4) is 5.75 Å². The van der Waals surface area contributed by atoms with Gasteiger partial charge in [-0.15, -0.1) is 0 Å². The summed E-state index contributed by atoms with van der Waals surface area (Å²) in [5, 5.41) is -0.419. The van der Waals surface area contributed by atoms with Gasteiger partial charge in [0, 0.05) is 50.8 Å². The highest BCUT2D eigenvalue weighted by molar-refractivity contribution is 6.31. The Labute approximate surface area is 287 Å². The number of rotatable bonds is 8. The number of aromatic nitrogens is 1. The highest BCUT2D eigenvalue weighted by Gasteiger charge is 2.64. The molecule has 2 aliphatic rings. The number of hydrogen-bond acceptors (Lipinski definition) is 5. The van der Waals surface area contributed by atoms with Crippen LogP contribution in [0.4, 0.5) is 13.2 Å². The van der Waals surface area contributed by atoms with Crippen LogP contribution in [0.1, 0.15) is 54.7 Å². The van der Waals surface area contributed by atoms with Crippen molar-refractivity contribution in [2.45, 2.75) is 37.0 Å². The Morgan fingerprint density at radius 2 is 1.63 bits per heavy atom. The van der Waals surface area contributed by atoms with Gasteiger partial charge in [-0.1, -0.05) is 48.0 Å². The molecule has 8 nitrogen and oxygen atoms in total. The molecule has 0 unspecified atom stereocenters. The van der Waals surface area contributed by atoms with Crippen LogP contribution in [0.3, 0.4) is 0 Å². The molecule has 2 amide bonds. The minimum absolute atomic E-state index is 0.0414. The molecule has 1 fully saturated rings. The van der Waals surface area contributed by atoms with E-state index in [1.807, 2.05) is 12.1 Å². The zero-order valence-electron chi connectivity index (χ0n) is 27.4. The maximum Gasteiger partial charge on any atom is 0.417 e. The summed E-state index contributed by atoms with van der Waals surface area (Å²) in [6.07, 6.45) is -4.18. The van der Waals surface area contributed by atoms with Crippen molar-refractivity contribution in [1.29, 1.82) is 0 Å². The number of amides is 2. The molecule has 0 N–H and O–H groups in total. The summed E-state index contributed by atoms with van der Waals surface area (Å²) in [4.78, 5) is 45.2. The first kappa shape index (κ1) is 34.1. The predicted molar refractivity (Wildman–Crippen MR) is 177 cm³/mol. The number of methoxy groups -OCH3 is 2. The van der Waals surface area contributed by atoms with Crippen LogP contribution in [0, 0.1) is 5.92 Å². The monoisotopic (exact) mass is 693 g/mol. The van der Waals surface area contributed by atoms with E-state index < -0.39 is 34.2 Å². The standard InChI is InChI=1S/C37H35ClF3N3O5/c1-42(2)34(46)31-18-27-30(43(31)20-23-12-15-29(38)28(16-23)37(39,40)41)17-25-21-44(33(45)24-8-6-5-7-9-24)36(32(25)27,35(47)49-4)19-22-10-13-26(48-3)14-11-22/h5-16,18,25,32H,17,19-21H2,1-4H3/t25-,32+,36+/m0/s1. The Balaban J connectivity index is 1.53. The number of halogens is 4. The van der Waals surface area contributed by atoms with E-state index in [0.717, 1.165) is 17.3 Å². The molecule has 3 atom stereocenters. The van der Waals surface area contributed by atoms with Crippen molar-refractivity contribution in [2.24, 2.45) is 5.92 Å². The molecule has 1 aliphatic carbocycles. The molecule has 6 rings (SSSR count). The first-order valence-corrected chi connectivity index (χ1v) is 16.1. The molecular weight excluding hydrogens is 659 g/mol. The smallest absolute Gasteiger partial charge is 0.417 e. The van der Waals surface area contributed by atoms with Gasteiger partial charge in [-0.3, -0.25) is 9.59 Å². The van der Waals surface area contributed by atoms with Gasteiger partial charge in [0.2, 0.25) is 0 Å². The van der Waals surface area contributed by atoms with E-state index in [0.29, 0.717) is 28.9 Å². The van der Waals surface area contributed by atoms with Gasteiger partial charge in [0.1, 0.15) is 11.4 Å². The first-order chi connectivity index (χ1) is 23.3. The Morgan fingerprint density at radius 3 is 2.24 bits per heavy atom. The lowest BCUT2D eigenvalue weighted by Crippen LogP contribution is -2.58. The molecule has 0 saturated carbocycles. The van der Waals surface area contributed by atoms with Gasteiger partial charge in [0.15, 0.2) is 5.54 Å². The predicted octanol–water partition coefficient (Wildman–Crippen LogP) is 6.49. The van der Waals surface area contributed by atoms with Crippen LogP contribution in [0.2, 0.25) is 5.02 Å². The number of nitrogens with zero attached hydrogens (tertiary/aromatic N) is 3. The quantitative estimate of drug-likeness (QED) is 0.197. The van der Waals surface area contributed by atoms with Gasteiger partial charge in [-0.2, -0.15) is 13.2 Å². The molecule has 1 aliphatic heterocycles. The summed E-state index contributed by atoms with van der Waals surface area (Å²) >= 11 is 5.92. The van der Waals surface area contributed by atoms with Crippen molar-refractivity contribution >= 4 is 29.4 Å². The number of likely N-dealkylation sites (tertiary alicyclic amines) is 1. The van der Waals surface area contributed by atoms with Crippen LogP contribution in [-0.2, 0) is 35.1 Å². The first-order valence-electron chi connectivity index (χ1n) is 15.7. The number of hydrogen-bond donors (Lipinski definition) is 0. The van der Waals surface area contributed by atoms with Crippen LogP contribution in [0.5, 0.6) is 5.75 Å². The van der Waals surface area contributed by atoms with Crippen LogP contribution in [0.15, 0.2) is 78.9 Å². The summed E-state index contributed by atoms with van der Waals surface area (Å²) in [5.74, 6) is -1.50. The number of alkyl halides is 3. The Bertz CT molecular complexity index is 1910. The lowest BCUT2D eigenvalue weighted by atomic mass is 9.75. The summed E-state index contributed by atoms with van der Waals surface area (Å²) in [7, 11) is 6.03. The summed E-state index contributed by atoms with van der Waals surface area (Å²) in [6, 6.07) is 21.4. The minimum atomic E-state index is -4.67. The Kier molecular flexibility index (Phi) is 9.00. The second-order valence-electron chi connectivity index (χ2n) is 12.7. The van der Waals surface area contributed by atoms with Gasteiger partial charge >= 0.3 is 12.1 Å². The molecule has 1 saturated heterocycles. The van der Waals surface area contributed by atoms with E-state index in [9.17, 15) is 27.6 Å². The van der Waals surface area contributed by atoms with Crippen molar-refractivity contribution in [1.82, 2.24) is 14.4 Å². The third-order valence-electron chi connectivity index (χ3n) is 9.66. The average Bonchev–Trinajstić information content (AvgIpc) is 3.72. The second kappa shape index (κ2) is 12.9. The third kappa shape index (κ3) is 5.94.